The third kappa shape index (κ3) is 3.69. The lowest BCUT2D eigenvalue weighted by Gasteiger charge is -2.17. The van der Waals surface area contributed by atoms with E-state index in [1.807, 2.05) is 23.1 Å². The van der Waals surface area contributed by atoms with Crippen molar-refractivity contribution in [2.45, 2.75) is 52.6 Å². The molecule has 2 aromatic rings. The standard InChI is InChI=1S/C15H22N4OS/c1-5-12-9-21-13(18-12)8-17-15(20)11(4)19-7-6-16-14(19)10(2)3/h6-7,9-11H,5,8H2,1-4H3,(H,17,20). The van der Waals surface area contributed by atoms with E-state index in [-0.39, 0.29) is 11.9 Å². The summed E-state index contributed by atoms with van der Waals surface area (Å²) in [6.07, 6.45) is 4.53. The van der Waals surface area contributed by atoms with Crippen molar-refractivity contribution in [2.75, 3.05) is 0 Å². The van der Waals surface area contributed by atoms with Crippen LogP contribution < -0.4 is 5.32 Å². The van der Waals surface area contributed by atoms with Gasteiger partial charge in [0.15, 0.2) is 0 Å². The summed E-state index contributed by atoms with van der Waals surface area (Å²) in [5, 5.41) is 5.94. The minimum atomic E-state index is -0.268. The number of carbonyl (C=O) groups excluding carboxylic acids is 1. The van der Waals surface area contributed by atoms with Crippen molar-refractivity contribution in [3.05, 3.63) is 34.3 Å². The first-order valence-corrected chi connectivity index (χ1v) is 8.14. The Kier molecular flexibility index (Phi) is 5.12. The van der Waals surface area contributed by atoms with E-state index in [1.54, 1.807) is 17.5 Å². The van der Waals surface area contributed by atoms with Crippen LogP contribution in [0.5, 0.6) is 0 Å². The van der Waals surface area contributed by atoms with Gasteiger partial charge in [0.1, 0.15) is 16.9 Å². The number of hydrogen-bond donors (Lipinski definition) is 1. The predicted molar refractivity (Wildman–Crippen MR) is 84.4 cm³/mol. The van der Waals surface area contributed by atoms with E-state index in [0.29, 0.717) is 12.5 Å². The van der Waals surface area contributed by atoms with Gasteiger partial charge in [-0.2, -0.15) is 0 Å². The zero-order chi connectivity index (χ0) is 15.4. The first-order valence-electron chi connectivity index (χ1n) is 7.26. The number of aryl methyl sites for hydroxylation is 1. The maximum absolute atomic E-state index is 12.3. The molecule has 5 nitrogen and oxygen atoms in total. The molecule has 0 fully saturated rings. The first-order chi connectivity index (χ1) is 10.0. The molecule has 2 heterocycles. The highest BCUT2D eigenvalue weighted by atomic mass is 32.1. The number of imidazole rings is 1. The molecule has 2 rings (SSSR count). The number of aromatic nitrogens is 3. The number of amides is 1. The number of hydrogen-bond acceptors (Lipinski definition) is 4. The van der Waals surface area contributed by atoms with E-state index in [1.165, 1.54) is 0 Å². The molecule has 21 heavy (non-hydrogen) atoms. The van der Waals surface area contributed by atoms with Crippen LogP contribution in [0, 0.1) is 0 Å². The fraction of sp³-hybridized carbons (Fsp3) is 0.533. The molecular formula is C15H22N4OS. The monoisotopic (exact) mass is 306 g/mol. The minimum absolute atomic E-state index is 0.0110. The average molecular weight is 306 g/mol. The van der Waals surface area contributed by atoms with Crippen LogP contribution in [0.1, 0.15) is 56.2 Å². The van der Waals surface area contributed by atoms with E-state index < -0.39 is 0 Å². The molecule has 6 heteroatoms. The molecule has 1 atom stereocenters. The molecule has 0 radical (unpaired) electrons. The number of nitrogens with one attached hydrogen (secondary N) is 1. The number of rotatable bonds is 6. The molecule has 2 aromatic heterocycles. The Morgan fingerprint density at radius 1 is 1.43 bits per heavy atom. The van der Waals surface area contributed by atoms with Crippen molar-refractivity contribution in [1.29, 1.82) is 0 Å². The van der Waals surface area contributed by atoms with Gasteiger partial charge in [-0.25, -0.2) is 9.97 Å². The van der Waals surface area contributed by atoms with E-state index >= 15 is 0 Å². The van der Waals surface area contributed by atoms with Crippen LogP contribution in [-0.2, 0) is 17.8 Å². The van der Waals surface area contributed by atoms with E-state index in [2.05, 4.69) is 36.1 Å². The molecule has 0 aliphatic heterocycles. The van der Waals surface area contributed by atoms with Crippen molar-refractivity contribution < 1.29 is 4.79 Å². The smallest absolute Gasteiger partial charge is 0.243 e. The maximum Gasteiger partial charge on any atom is 0.243 e. The van der Waals surface area contributed by atoms with Crippen molar-refractivity contribution >= 4 is 17.2 Å². The Morgan fingerprint density at radius 3 is 2.81 bits per heavy atom. The van der Waals surface area contributed by atoms with Crippen molar-refractivity contribution in [3.63, 3.8) is 0 Å². The van der Waals surface area contributed by atoms with Crippen LogP contribution in [0.4, 0.5) is 0 Å². The molecule has 0 aromatic carbocycles. The van der Waals surface area contributed by atoms with Crippen LogP contribution in [-0.4, -0.2) is 20.4 Å². The third-order valence-corrected chi connectivity index (χ3v) is 4.28. The van der Waals surface area contributed by atoms with Crippen molar-refractivity contribution in [3.8, 4) is 0 Å². The third-order valence-electron chi connectivity index (χ3n) is 3.39. The summed E-state index contributed by atoms with van der Waals surface area (Å²) in [6.45, 7) is 8.60. The normalized spacial score (nSPS) is 12.6. The lowest BCUT2D eigenvalue weighted by Crippen LogP contribution is -2.31. The lowest BCUT2D eigenvalue weighted by atomic mass is 10.2. The quantitative estimate of drug-likeness (QED) is 0.892. The summed E-state index contributed by atoms with van der Waals surface area (Å²) in [7, 11) is 0. The van der Waals surface area contributed by atoms with Gasteiger partial charge in [-0.15, -0.1) is 11.3 Å². The number of carbonyl (C=O) groups is 1. The highest BCUT2D eigenvalue weighted by Gasteiger charge is 2.19. The van der Waals surface area contributed by atoms with Gasteiger partial charge in [-0.1, -0.05) is 20.8 Å². The van der Waals surface area contributed by atoms with Gasteiger partial charge in [0.05, 0.1) is 12.2 Å². The molecule has 0 spiro atoms. The van der Waals surface area contributed by atoms with Crippen molar-refractivity contribution in [1.82, 2.24) is 19.9 Å². The lowest BCUT2D eigenvalue weighted by molar-refractivity contribution is -0.124. The topological polar surface area (TPSA) is 59.8 Å². The Hall–Kier alpha value is -1.69. The zero-order valence-electron chi connectivity index (χ0n) is 13.0. The molecule has 114 valence electrons. The summed E-state index contributed by atoms with van der Waals surface area (Å²) in [5.41, 5.74) is 1.08. The number of nitrogens with zero attached hydrogens (tertiary/aromatic N) is 3. The van der Waals surface area contributed by atoms with Gasteiger partial charge in [-0.3, -0.25) is 4.79 Å². The molecule has 0 aliphatic carbocycles. The molecule has 0 aliphatic rings. The molecule has 0 bridgehead atoms. The average Bonchev–Trinajstić information content (AvgIpc) is 3.12. The Bertz CT molecular complexity index is 602. The second-order valence-electron chi connectivity index (χ2n) is 5.33. The summed E-state index contributed by atoms with van der Waals surface area (Å²) in [4.78, 5) is 21.1. The summed E-state index contributed by atoms with van der Waals surface area (Å²) in [5.74, 6) is 1.21. The molecule has 0 saturated carbocycles. The summed E-state index contributed by atoms with van der Waals surface area (Å²) in [6, 6.07) is -0.268. The molecular weight excluding hydrogens is 284 g/mol. The second-order valence-corrected chi connectivity index (χ2v) is 6.27. The Labute approximate surface area is 129 Å². The van der Waals surface area contributed by atoms with Gasteiger partial charge in [-0.05, 0) is 13.3 Å². The van der Waals surface area contributed by atoms with Gasteiger partial charge in [0.2, 0.25) is 5.91 Å². The zero-order valence-corrected chi connectivity index (χ0v) is 13.8. The van der Waals surface area contributed by atoms with Crippen LogP contribution in [0.25, 0.3) is 0 Å². The molecule has 1 amide bonds. The highest BCUT2D eigenvalue weighted by molar-refractivity contribution is 7.09. The largest absolute Gasteiger partial charge is 0.348 e. The second kappa shape index (κ2) is 6.85. The van der Waals surface area contributed by atoms with E-state index in [9.17, 15) is 4.79 Å². The summed E-state index contributed by atoms with van der Waals surface area (Å²) >= 11 is 1.59. The van der Waals surface area contributed by atoms with Crippen molar-refractivity contribution in [2.24, 2.45) is 0 Å². The highest BCUT2D eigenvalue weighted by Crippen LogP contribution is 2.17. The van der Waals surface area contributed by atoms with Crippen LogP contribution in [0.3, 0.4) is 0 Å². The maximum atomic E-state index is 12.3. The molecule has 0 saturated heterocycles. The first kappa shape index (κ1) is 15.7. The van der Waals surface area contributed by atoms with E-state index in [0.717, 1.165) is 22.9 Å². The summed E-state index contributed by atoms with van der Waals surface area (Å²) < 4.78 is 1.93. The van der Waals surface area contributed by atoms with Crippen LogP contribution in [0.2, 0.25) is 0 Å². The molecule has 1 N–H and O–H groups in total. The predicted octanol–water partition coefficient (Wildman–Crippen LogP) is 2.90. The van der Waals surface area contributed by atoms with E-state index in [4.69, 9.17) is 0 Å². The number of thiazole rings is 1. The fourth-order valence-corrected chi connectivity index (χ4v) is 2.95. The SMILES string of the molecule is CCc1csc(CNC(=O)C(C)n2ccnc2C(C)C)n1. The van der Waals surface area contributed by atoms with Gasteiger partial charge in [0, 0.05) is 23.7 Å². The van der Waals surface area contributed by atoms with Crippen LogP contribution >= 0.6 is 11.3 Å². The molecule has 1 unspecified atom stereocenters. The minimum Gasteiger partial charge on any atom is -0.348 e. The van der Waals surface area contributed by atoms with Gasteiger partial charge < -0.3 is 9.88 Å². The van der Waals surface area contributed by atoms with Gasteiger partial charge in [0.25, 0.3) is 0 Å². The fourth-order valence-electron chi connectivity index (χ4n) is 2.13. The Balaban J connectivity index is 1.97. The van der Waals surface area contributed by atoms with Gasteiger partial charge >= 0.3 is 0 Å². The van der Waals surface area contributed by atoms with Crippen LogP contribution in [0.15, 0.2) is 17.8 Å². The Morgan fingerprint density at radius 2 is 2.19 bits per heavy atom.